The number of hydrogen-bond donors (Lipinski definition) is 3. The molecule has 2 atom stereocenters. The molecule has 0 radical (unpaired) electrons. The highest BCUT2D eigenvalue weighted by Crippen LogP contribution is 2.42. The molecule has 3 aromatic rings. The molecule has 162 valence electrons. The Labute approximate surface area is 192 Å². The minimum atomic E-state index is 0.644. The van der Waals surface area contributed by atoms with E-state index in [4.69, 9.17) is 10.4 Å². The van der Waals surface area contributed by atoms with Gasteiger partial charge in [0, 0.05) is 43.2 Å². The van der Waals surface area contributed by atoms with E-state index in [0.29, 0.717) is 11.5 Å². The Hall–Kier alpha value is -3.21. The number of piperidine rings is 1. The molecular formula is C25H26N6S. The summed E-state index contributed by atoms with van der Waals surface area (Å²) in [5.41, 5.74) is 5.43. The van der Waals surface area contributed by atoms with Crippen LogP contribution in [0.25, 0.3) is 21.7 Å². The summed E-state index contributed by atoms with van der Waals surface area (Å²) in [6.07, 6.45) is 2.59. The first-order valence-corrected chi connectivity index (χ1v) is 11.8. The lowest BCUT2D eigenvalue weighted by atomic mass is 9.89. The van der Waals surface area contributed by atoms with Crippen LogP contribution in [0.2, 0.25) is 0 Å². The second-order valence-electron chi connectivity index (χ2n) is 8.47. The van der Waals surface area contributed by atoms with Crippen molar-refractivity contribution in [3.8, 4) is 27.8 Å². The molecule has 0 spiro atoms. The predicted octanol–water partition coefficient (Wildman–Crippen LogP) is 4.43. The number of nitriles is 1. The first-order valence-electron chi connectivity index (χ1n) is 11.0. The van der Waals surface area contributed by atoms with Crippen LogP contribution in [0.4, 0.5) is 10.8 Å². The molecule has 2 aliphatic heterocycles. The SMILES string of the molecule is CNc1ccc(-c2sc(N3CCC4CNCC4C3)nc2-c2ccc(C#N)cc2)cc1C=N. The normalized spacial score (nSPS) is 19.9. The molecule has 5 rings (SSSR count). The predicted molar refractivity (Wildman–Crippen MR) is 132 cm³/mol. The van der Waals surface area contributed by atoms with Gasteiger partial charge in [0.15, 0.2) is 5.13 Å². The average molecular weight is 443 g/mol. The molecule has 2 aliphatic rings. The maximum atomic E-state index is 9.19. The molecule has 3 heterocycles. The second-order valence-corrected chi connectivity index (χ2v) is 9.45. The van der Waals surface area contributed by atoms with Crippen LogP contribution in [0.3, 0.4) is 0 Å². The molecule has 1 aromatic heterocycles. The standard InChI is InChI=1S/C25H26N6S/c1-28-22-7-6-18(10-20(22)12-27)24-23(17-4-2-16(11-26)3-5-17)30-25(32-24)31-9-8-19-13-29-14-21(19)15-31/h2-7,10,12,19,21,27-29H,8-9,13-15H2,1H3. The second kappa shape index (κ2) is 8.73. The highest BCUT2D eigenvalue weighted by atomic mass is 32.1. The Morgan fingerprint density at radius 2 is 1.97 bits per heavy atom. The Kier molecular flexibility index (Phi) is 5.64. The van der Waals surface area contributed by atoms with Crippen LogP contribution in [0.15, 0.2) is 42.5 Å². The van der Waals surface area contributed by atoms with Crippen molar-refractivity contribution >= 4 is 28.4 Å². The molecule has 2 fully saturated rings. The van der Waals surface area contributed by atoms with Crippen LogP contribution < -0.4 is 15.5 Å². The van der Waals surface area contributed by atoms with Gasteiger partial charge in [-0.2, -0.15) is 5.26 Å². The molecule has 6 nitrogen and oxygen atoms in total. The summed E-state index contributed by atoms with van der Waals surface area (Å²) in [5, 5.41) is 24.8. The molecule has 0 aliphatic carbocycles. The van der Waals surface area contributed by atoms with Gasteiger partial charge in [-0.25, -0.2) is 4.98 Å². The largest absolute Gasteiger partial charge is 0.388 e. The maximum Gasteiger partial charge on any atom is 0.186 e. The first-order chi connectivity index (χ1) is 15.7. The Morgan fingerprint density at radius 1 is 1.19 bits per heavy atom. The number of hydrogen-bond acceptors (Lipinski definition) is 7. The molecular weight excluding hydrogens is 416 g/mol. The number of nitrogens with zero attached hydrogens (tertiary/aromatic N) is 3. The summed E-state index contributed by atoms with van der Waals surface area (Å²) >= 11 is 1.72. The summed E-state index contributed by atoms with van der Waals surface area (Å²) in [7, 11) is 1.87. The van der Waals surface area contributed by atoms with Crippen molar-refractivity contribution in [2.45, 2.75) is 6.42 Å². The van der Waals surface area contributed by atoms with Gasteiger partial charge in [-0.15, -0.1) is 0 Å². The van der Waals surface area contributed by atoms with Crippen LogP contribution >= 0.6 is 11.3 Å². The lowest BCUT2D eigenvalue weighted by Gasteiger charge is -2.34. The lowest BCUT2D eigenvalue weighted by molar-refractivity contribution is 0.349. The van der Waals surface area contributed by atoms with Crippen molar-refractivity contribution in [3.05, 3.63) is 53.6 Å². The van der Waals surface area contributed by atoms with Gasteiger partial charge in [-0.05, 0) is 61.2 Å². The third-order valence-electron chi connectivity index (χ3n) is 6.62. The van der Waals surface area contributed by atoms with Crippen molar-refractivity contribution < 1.29 is 0 Å². The van der Waals surface area contributed by atoms with Crippen molar-refractivity contribution in [2.75, 3.05) is 43.4 Å². The van der Waals surface area contributed by atoms with Crippen LogP contribution in [0.5, 0.6) is 0 Å². The van der Waals surface area contributed by atoms with E-state index in [1.165, 1.54) is 12.6 Å². The number of benzene rings is 2. The van der Waals surface area contributed by atoms with Gasteiger partial charge in [0.1, 0.15) is 0 Å². The van der Waals surface area contributed by atoms with Gasteiger partial charge in [0.2, 0.25) is 0 Å². The Morgan fingerprint density at radius 3 is 2.72 bits per heavy atom. The fourth-order valence-electron chi connectivity index (χ4n) is 4.80. The average Bonchev–Trinajstić information content (AvgIpc) is 3.50. The van der Waals surface area contributed by atoms with Crippen LogP contribution in [0.1, 0.15) is 17.5 Å². The van der Waals surface area contributed by atoms with Crippen molar-refractivity contribution in [2.24, 2.45) is 11.8 Å². The highest BCUT2D eigenvalue weighted by Gasteiger charge is 2.34. The fraction of sp³-hybridized carbons (Fsp3) is 0.320. The Balaban J connectivity index is 1.57. The van der Waals surface area contributed by atoms with Crippen LogP contribution in [-0.2, 0) is 0 Å². The van der Waals surface area contributed by atoms with E-state index in [-0.39, 0.29) is 0 Å². The molecule has 3 N–H and O–H groups in total. The Bertz CT molecular complexity index is 1180. The van der Waals surface area contributed by atoms with Gasteiger partial charge in [-0.3, -0.25) is 0 Å². The zero-order valence-corrected chi connectivity index (χ0v) is 18.9. The van der Waals surface area contributed by atoms with E-state index in [1.807, 2.05) is 37.4 Å². The maximum absolute atomic E-state index is 9.19. The van der Waals surface area contributed by atoms with Gasteiger partial charge >= 0.3 is 0 Å². The number of rotatable bonds is 5. The van der Waals surface area contributed by atoms with E-state index in [9.17, 15) is 5.26 Å². The zero-order chi connectivity index (χ0) is 22.1. The molecule has 0 saturated carbocycles. The van der Waals surface area contributed by atoms with Crippen LogP contribution in [0, 0.1) is 28.6 Å². The zero-order valence-electron chi connectivity index (χ0n) is 18.1. The molecule has 0 amide bonds. The third kappa shape index (κ3) is 3.77. The molecule has 32 heavy (non-hydrogen) atoms. The summed E-state index contributed by atoms with van der Waals surface area (Å²) in [4.78, 5) is 8.66. The minimum absolute atomic E-state index is 0.644. The molecule has 7 heteroatoms. The van der Waals surface area contributed by atoms with Crippen molar-refractivity contribution in [1.29, 1.82) is 10.7 Å². The van der Waals surface area contributed by atoms with Crippen LogP contribution in [-0.4, -0.2) is 44.4 Å². The first kappa shape index (κ1) is 20.7. The number of aromatic nitrogens is 1. The van der Waals surface area contributed by atoms with E-state index >= 15 is 0 Å². The van der Waals surface area contributed by atoms with E-state index in [1.54, 1.807) is 11.3 Å². The molecule has 2 saturated heterocycles. The number of thiazole rings is 1. The highest BCUT2D eigenvalue weighted by molar-refractivity contribution is 7.19. The number of nitrogens with one attached hydrogen (secondary N) is 3. The number of fused-ring (bicyclic) bond motifs is 1. The monoisotopic (exact) mass is 442 g/mol. The van der Waals surface area contributed by atoms with Gasteiger partial charge < -0.3 is 20.9 Å². The van der Waals surface area contributed by atoms with Crippen molar-refractivity contribution in [1.82, 2.24) is 10.3 Å². The fourth-order valence-corrected chi connectivity index (χ4v) is 5.92. The quantitative estimate of drug-likeness (QED) is 0.509. The molecule has 0 bridgehead atoms. The van der Waals surface area contributed by atoms with E-state index in [0.717, 1.165) is 70.2 Å². The minimum Gasteiger partial charge on any atom is -0.388 e. The summed E-state index contributed by atoms with van der Waals surface area (Å²) in [5.74, 6) is 1.47. The molecule has 2 aromatic carbocycles. The van der Waals surface area contributed by atoms with Gasteiger partial charge in [0.05, 0.1) is 22.2 Å². The molecule has 2 unspecified atom stereocenters. The van der Waals surface area contributed by atoms with Crippen molar-refractivity contribution in [3.63, 3.8) is 0 Å². The summed E-state index contributed by atoms with van der Waals surface area (Å²) in [6, 6.07) is 16.0. The van der Waals surface area contributed by atoms with E-state index in [2.05, 4.69) is 33.7 Å². The summed E-state index contributed by atoms with van der Waals surface area (Å²) in [6.45, 7) is 4.31. The third-order valence-corrected chi connectivity index (χ3v) is 7.78. The smallest absolute Gasteiger partial charge is 0.186 e. The topological polar surface area (TPSA) is 87.8 Å². The lowest BCUT2D eigenvalue weighted by Crippen LogP contribution is -2.39. The van der Waals surface area contributed by atoms with E-state index < -0.39 is 0 Å². The van der Waals surface area contributed by atoms with Gasteiger partial charge in [-0.1, -0.05) is 29.5 Å². The van der Waals surface area contributed by atoms with Gasteiger partial charge in [0.25, 0.3) is 0 Å². The number of anilines is 2. The summed E-state index contributed by atoms with van der Waals surface area (Å²) < 4.78 is 0.